The first-order valence-electron chi connectivity index (χ1n) is 12.3. The number of amides is 1. The van der Waals surface area contributed by atoms with Gasteiger partial charge in [0.1, 0.15) is 11.0 Å². The zero-order valence-electron chi connectivity index (χ0n) is 20.7. The van der Waals surface area contributed by atoms with E-state index in [1.54, 1.807) is 18.2 Å². The molecule has 0 aliphatic rings. The first-order valence-corrected chi connectivity index (χ1v) is 12.3. The zero-order chi connectivity index (χ0) is 25.9. The number of aromatic amines is 2. The SMILES string of the molecule is CCCCC(CC)CNC(=O)c1ccc(-c2nc(N)c3nc[nH]c3n2)cc1-c1nc(N)c2nc[nH]c2n1. The minimum absolute atomic E-state index is 0.211. The molecule has 37 heavy (non-hydrogen) atoms. The maximum Gasteiger partial charge on any atom is 0.252 e. The Morgan fingerprint density at radius 3 is 2.24 bits per heavy atom. The van der Waals surface area contributed by atoms with Crippen LogP contribution < -0.4 is 16.8 Å². The van der Waals surface area contributed by atoms with Gasteiger partial charge in [-0.05, 0) is 24.5 Å². The number of nitrogen functional groups attached to an aromatic ring is 2. The summed E-state index contributed by atoms with van der Waals surface area (Å²) in [5, 5.41) is 3.09. The van der Waals surface area contributed by atoms with Gasteiger partial charge in [0.25, 0.3) is 5.91 Å². The van der Waals surface area contributed by atoms with E-state index in [2.05, 4.69) is 59.0 Å². The van der Waals surface area contributed by atoms with E-state index in [-0.39, 0.29) is 23.4 Å². The topological polar surface area (TPSA) is 190 Å². The number of unbranched alkanes of at least 4 members (excludes halogenated alkanes) is 1. The van der Waals surface area contributed by atoms with Gasteiger partial charge in [0.15, 0.2) is 34.6 Å². The van der Waals surface area contributed by atoms with Crippen LogP contribution in [0.15, 0.2) is 30.9 Å². The zero-order valence-corrected chi connectivity index (χ0v) is 20.7. The van der Waals surface area contributed by atoms with Gasteiger partial charge in [0.05, 0.1) is 18.2 Å². The lowest BCUT2D eigenvalue weighted by Gasteiger charge is -2.17. The number of rotatable bonds is 9. The van der Waals surface area contributed by atoms with Crippen LogP contribution in [0.3, 0.4) is 0 Å². The maximum atomic E-state index is 13.4. The van der Waals surface area contributed by atoms with Crippen LogP contribution in [0.2, 0.25) is 0 Å². The lowest BCUT2D eigenvalue weighted by molar-refractivity contribution is 0.0946. The van der Waals surface area contributed by atoms with Gasteiger partial charge in [-0.3, -0.25) is 4.79 Å². The van der Waals surface area contributed by atoms with E-state index < -0.39 is 0 Å². The lowest BCUT2D eigenvalue weighted by Crippen LogP contribution is -2.29. The molecule has 1 amide bonds. The number of hydrogen-bond donors (Lipinski definition) is 5. The highest BCUT2D eigenvalue weighted by atomic mass is 16.1. The smallest absolute Gasteiger partial charge is 0.252 e. The van der Waals surface area contributed by atoms with E-state index in [9.17, 15) is 4.79 Å². The fraction of sp³-hybridized carbons (Fsp3) is 0.320. The summed E-state index contributed by atoms with van der Waals surface area (Å²) in [7, 11) is 0. The molecule has 4 aromatic heterocycles. The van der Waals surface area contributed by atoms with Crippen molar-refractivity contribution >= 4 is 39.9 Å². The lowest BCUT2D eigenvalue weighted by atomic mass is 9.98. The van der Waals surface area contributed by atoms with Gasteiger partial charge >= 0.3 is 0 Å². The van der Waals surface area contributed by atoms with E-state index in [1.807, 2.05) is 0 Å². The Morgan fingerprint density at radius 2 is 1.59 bits per heavy atom. The molecule has 0 saturated heterocycles. The van der Waals surface area contributed by atoms with Gasteiger partial charge in [0, 0.05) is 17.7 Å². The molecule has 1 atom stereocenters. The standard InChI is InChI=1S/C25H29N11O/c1-3-5-6-13(4-2)10-28-25(37)15-8-7-14(21-33-19(26)17-23(35-21)31-11-29-17)9-16(15)22-34-20(27)18-24(36-22)32-12-30-18/h7-9,11-13H,3-6,10H2,1-2H3,(H,28,37)(H3,26,29,31,33,35)(H3,27,30,32,34,36). The number of nitrogens with zero attached hydrogens (tertiary/aromatic N) is 6. The quantitative estimate of drug-likeness (QED) is 0.202. The number of fused-ring (bicyclic) bond motifs is 2. The van der Waals surface area contributed by atoms with E-state index in [0.29, 0.717) is 57.3 Å². The van der Waals surface area contributed by atoms with Crippen molar-refractivity contribution in [2.75, 3.05) is 18.0 Å². The summed E-state index contributed by atoms with van der Waals surface area (Å²) in [6.07, 6.45) is 7.35. The molecule has 0 bridgehead atoms. The number of H-pyrrole nitrogens is 2. The number of carbonyl (C=O) groups excluding carboxylic acids is 1. The third-order valence-corrected chi connectivity index (χ3v) is 6.47. The molecule has 1 unspecified atom stereocenters. The molecule has 0 aliphatic carbocycles. The Hall–Kier alpha value is -4.61. The molecule has 190 valence electrons. The third kappa shape index (κ3) is 4.77. The van der Waals surface area contributed by atoms with Gasteiger partial charge in [0.2, 0.25) is 0 Å². The number of benzene rings is 1. The predicted molar refractivity (Wildman–Crippen MR) is 142 cm³/mol. The van der Waals surface area contributed by atoms with Gasteiger partial charge < -0.3 is 26.8 Å². The summed E-state index contributed by atoms with van der Waals surface area (Å²) in [5.74, 6) is 1.33. The molecule has 0 spiro atoms. The van der Waals surface area contributed by atoms with Crippen LogP contribution in [0, 0.1) is 5.92 Å². The van der Waals surface area contributed by atoms with Gasteiger partial charge in [-0.2, -0.15) is 0 Å². The second-order valence-corrected chi connectivity index (χ2v) is 8.95. The van der Waals surface area contributed by atoms with Crippen molar-refractivity contribution in [2.24, 2.45) is 5.92 Å². The average Bonchev–Trinajstić information content (AvgIpc) is 3.58. The highest BCUT2D eigenvalue weighted by Crippen LogP contribution is 2.30. The molecular formula is C25H29N11O. The second-order valence-electron chi connectivity index (χ2n) is 8.95. The molecule has 1 aromatic carbocycles. The van der Waals surface area contributed by atoms with E-state index in [4.69, 9.17) is 11.5 Å². The molecule has 0 aliphatic heterocycles. The van der Waals surface area contributed by atoms with Crippen LogP contribution >= 0.6 is 0 Å². The summed E-state index contributed by atoms with van der Waals surface area (Å²) in [6, 6.07) is 5.28. The van der Waals surface area contributed by atoms with Gasteiger partial charge in [-0.1, -0.05) is 39.2 Å². The molecule has 0 fully saturated rings. The molecule has 0 saturated carbocycles. The molecule has 4 heterocycles. The number of hydrogen-bond acceptors (Lipinski definition) is 9. The highest BCUT2D eigenvalue weighted by molar-refractivity contribution is 6.01. The van der Waals surface area contributed by atoms with E-state index >= 15 is 0 Å². The van der Waals surface area contributed by atoms with Crippen LogP contribution in [-0.4, -0.2) is 52.3 Å². The van der Waals surface area contributed by atoms with Gasteiger partial charge in [-0.25, -0.2) is 29.9 Å². The Kier molecular flexibility index (Phi) is 6.62. The molecule has 7 N–H and O–H groups in total. The van der Waals surface area contributed by atoms with Crippen LogP contribution in [0.4, 0.5) is 11.6 Å². The summed E-state index contributed by atoms with van der Waals surface area (Å²) in [5.41, 5.74) is 15.8. The maximum absolute atomic E-state index is 13.4. The van der Waals surface area contributed by atoms with Crippen LogP contribution in [-0.2, 0) is 0 Å². The number of nitrogens with two attached hydrogens (primary N) is 2. The first kappa shape index (κ1) is 24.1. The van der Waals surface area contributed by atoms with Crippen LogP contribution in [0.5, 0.6) is 0 Å². The summed E-state index contributed by atoms with van der Waals surface area (Å²) in [6.45, 7) is 4.91. The van der Waals surface area contributed by atoms with Crippen molar-refractivity contribution in [3.63, 3.8) is 0 Å². The second kappa shape index (κ2) is 10.2. The number of nitrogens with one attached hydrogen (secondary N) is 3. The number of imidazole rings is 2. The predicted octanol–water partition coefficient (Wildman–Crippen LogP) is 3.46. The Balaban J connectivity index is 1.57. The number of carbonyl (C=O) groups is 1. The fourth-order valence-corrected chi connectivity index (χ4v) is 4.31. The highest BCUT2D eigenvalue weighted by Gasteiger charge is 2.20. The Bertz CT molecular complexity index is 1570. The van der Waals surface area contributed by atoms with E-state index in [1.165, 1.54) is 12.7 Å². The van der Waals surface area contributed by atoms with E-state index in [0.717, 1.165) is 25.7 Å². The molecule has 12 nitrogen and oxygen atoms in total. The Morgan fingerprint density at radius 1 is 0.946 bits per heavy atom. The average molecular weight is 500 g/mol. The number of aromatic nitrogens is 8. The van der Waals surface area contributed by atoms with Crippen molar-refractivity contribution in [3.05, 3.63) is 36.4 Å². The van der Waals surface area contributed by atoms with Crippen molar-refractivity contribution in [1.82, 2.24) is 45.2 Å². The van der Waals surface area contributed by atoms with Crippen molar-refractivity contribution in [3.8, 4) is 22.8 Å². The third-order valence-electron chi connectivity index (χ3n) is 6.47. The van der Waals surface area contributed by atoms with Crippen molar-refractivity contribution < 1.29 is 4.79 Å². The Labute approximate surface area is 212 Å². The van der Waals surface area contributed by atoms with Crippen LogP contribution in [0.25, 0.3) is 45.1 Å². The van der Waals surface area contributed by atoms with Crippen molar-refractivity contribution in [1.29, 1.82) is 0 Å². The van der Waals surface area contributed by atoms with Gasteiger partial charge in [-0.15, -0.1) is 0 Å². The molecule has 5 aromatic rings. The number of anilines is 2. The molecule has 12 heteroatoms. The first-order chi connectivity index (χ1) is 18.0. The largest absolute Gasteiger partial charge is 0.382 e. The van der Waals surface area contributed by atoms with Crippen molar-refractivity contribution in [2.45, 2.75) is 39.5 Å². The summed E-state index contributed by atoms with van der Waals surface area (Å²) >= 11 is 0. The monoisotopic (exact) mass is 499 g/mol. The van der Waals surface area contributed by atoms with Crippen LogP contribution in [0.1, 0.15) is 49.9 Å². The summed E-state index contributed by atoms with van der Waals surface area (Å²) in [4.78, 5) is 45.6. The molecule has 5 rings (SSSR count). The summed E-state index contributed by atoms with van der Waals surface area (Å²) < 4.78 is 0. The molecule has 0 radical (unpaired) electrons. The molecular weight excluding hydrogens is 470 g/mol. The fourth-order valence-electron chi connectivity index (χ4n) is 4.31. The normalized spacial score (nSPS) is 12.3. The minimum Gasteiger partial charge on any atom is -0.382 e. The minimum atomic E-state index is -0.215.